The van der Waals surface area contributed by atoms with Crippen molar-refractivity contribution in [1.82, 2.24) is 10.2 Å². The van der Waals surface area contributed by atoms with Crippen LogP contribution in [0.3, 0.4) is 0 Å². The van der Waals surface area contributed by atoms with Gasteiger partial charge in [-0.15, -0.1) is 0 Å². The van der Waals surface area contributed by atoms with Crippen LogP contribution < -0.4 is 20.5 Å². The van der Waals surface area contributed by atoms with Gasteiger partial charge >= 0.3 is 0 Å². The molecular formula is C20H27N3O3. The largest absolute Gasteiger partial charge is 0.493 e. The van der Waals surface area contributed by atoms with Gasteiger partial charge in [-0.25, -0.2) is 0 Å². The fourth-order valence-corrected chi connectivity index (χ4v) is 2.58. The van der Waals surface area contributed by atoms with E-state index in [4.69, 9.17) is 15.2 Å². The molecule has 0 aliphatic carbocycles. The van der Waals surface area contributed by atoms with E-state index in [1.807, 2.05) is 61.3 Å². The third-order valence-corrected chi connectivity index (χ3v) is 4.37. The maximum absolute atomic E-state index is 12.4. The number of hydrogen-bond donors (Lipinski definition) is 2. The lowest BCUT2D eigenvalue weighted by Gasteiger charge is -2.24. The first kappa shape index (κ1) is 19.6. The number of carbonyl (C=O) groups is 1. The summed E-state index contributed by atoms with van der Waals surface area (Å²) in [5, 5.41) is 2.96. The van der Waals surface area contributed by atoms with E-state index in [2.05, 4.69) is 5.32 Å². The van der Waals surface area contributed by atoms with Crippen LogP contribution in [0.15, 0.2) is 42.5 Å². The molecule has 0 saturated carbocycles. The fourth-order valence-electron chi connectivity index (χ4n) is 2.58. The zero-order valence-corrected chi connectivity index (χ0v) is 15.8. The Hall–Kier alpha value is -2.73. The summed E-state index contributed by atoms with van der Waals surface area (Å²) in [5.41, 5.74) is 8.44. The minimum Gasteiger partial charge on any atom is -0.493 e. The number of benzene rings is 2. The van der Waals surface area contributed by atoms with Crippen LogP contribution in [0.4, 0.5) is 5.69 Å². The molecule has 140 valence electrons. The number of nitrogen functional groups attached to an aromatic ring is 1. The molecule has 1 atom stereocenters. The van der Waals surface area contributed by atoms with Gasteiger partial charge in [-0.3, -0.25) is 9.69 Å². The Kier molecular flexibility index (Phi) is 6.86. The minimum absolute atomic E-state index is 0.0233. The van der Waals surface area contributed by atoms with Crippen molar-refractivity contribution in [3.05, 3.63) is 53.6 Å². The molecular weight excluding hydrogens is 330 g/mol. The van der Waals surface area contributed by atoms with Crippen LogP contribution in [-0.2, 0) is 17.9 Å². The quantitative estimate of drug-likeness (QED) is 0.710. The van der Waals surface area contributed by atoms with Gasteiger partial charge in [0.05, 0.1) is 20.3 Å². The van der Waals surface area contributed by atoms with Crippen LogP contribution >= 0.6 is 0 Å². The molecule has 6 nitrogen and oxygen atoms in total. The van der Waals surface area contributed by atoms with E-state index in [9.17, 15) is 4.79 Å². The standard InChI is InChI=1S/C20H27N3O3/c1-14(20(24)22-12-15-5-8-17(21)9-6-15)23(2)13-16-7-10-18(25-3)19(11-16)26-4/h5-11,14H,12-13,21H2,1-4H3,(H,22,24). The van der Waals surface area contributed by atoms with Crippen molar-refractivity contribution in [3.8, 4) is 11.5 Å². The highest BCUT2D eigenvalue weighted by molar-refractivity contribution is 5.81. The molecule has 0 aromatic heterocycles. The molecule has 0 aliphatic heterocycles. The Bertz CT molecular complexity index is 732. The molecule has 1 amide bonds. The smallest absolute Gasteiger partial charge is 0.237 e. The second-order valence-electron chi connectivity index (χ2n) is 6.24. The van der Waals surface area contributed by atoms with Crippen LogP contribution in [0.2, 0.25) is 0 Å². The van der Waals surface area contributed by atoms with Crippen molar-refractivity contribution >= 4 is 11.6 Å². The van der Waals surface area contributed by atoms with Gasteiger partial charge in [0.25, 0.3) is 0 Å². The van der Waals surface area contributed by atoms with Crippen molar-refractivity contribution in [2.45, 2.75) is 26.1 Å². The Morgan fingerprint density at radius 1 is 1.08 bits per heavy atom. The molecule has 0 fully saturated rings. The SMILES string of the molecule is COc1ccc(CN(C)C(C)C(=O)NCc2ccc(N)cc2)cc1OC. The summed E-state index contributed by atoms with van der Waals surface area (Å²) >= 11 is 0. The van der Waals surface area contributed by atoms with E-state index >= 15 is 0 Å². The first-order valence-electron chi connectivity index (χ1n) is 8.48. The third kappa shape index (κ3) is 5.13. The molecule has 0 aliphatic rings. The van der Waals surface area contributed by atoms with Gasteiger partial charge in [0.2, 0.25) is 5.91 Å². The van der Waals surface area contributed by atoms with Gasteiger partial charge in [-0.05, 0) is 49.4 Å². The van der Waals surface area contributed by atoms with Gasteiger partial charge in [-0.2, -0.15) is 0 Å². The van der Waals surface area contributed by atoms with E-state index < -0.39 is 0 Å². The van der Waals surface area contributed by atoms with Gasteiger partial charge in [-0.1, -0.05) is 18.2 Å². The average Bonchev–Trinajstić information content (AvgIpc) is 2.66. The highest BCUT2D eigenvalue weighted by Crippen LogP contribution is 2.28. The van der Waals surface area contributed by atoms with Crippen LogP contribution in [0.1, 0.15) is 18.1 Å². The molecule has 2 aromatic carbocycles. The van der Waals surface area contributed by atoms with Gasteiger partial charge < -0.3 is 20.5 Å². The van der Waals surface area contributed by atoms with Crippen molar-refractivity contribution in [2.24, 2.45) is 0 Å². The van der Waals surface area contributed by atoms with E-state index in [1.165, 1.54) is 0 Å². The maximum atomic E-state index is 12.4. The summed E-state index contributed by atoms with van der Waals surface area (Å²) in [6, 6.07) is 13.0. The molecule has 0 heterocycles. The second-order valence-corrected chi connectivity index (χ2v) is 6.24. The summed E-state index contributed by atoms with van der Waals surface area (Å²) in [5.74, 6) is 1.34. The Morgan fingerprint density at radius 2 is 1.69 bits per heavy atom. The van der Waals surface area contributed by atoms with Gasteiger partial charge in [0.15, 0.2) is 11.5 Å². The fraction of sp³-hybridized carbons (Fsp3) is 0.350. The molecule has 6 heteroatoms. The number of amides is 1. The lowest BCUT2D eigenvalue weighted by Crippen LogP contribution is -2.42. The van der Waals surface area contributed by atoms with E-state index in [-0.39, 0.29) is 11.9 Å². The van der Waals surface area contributed by atoms with Crippen molar-refractivity contribution < 1.29 is 14.3 Å². The van der Waals surface area contributed by atoms with E-state index in [0.717, 1.165) is 11.1 Å². The molecule has 0 saturated heterocycles. The highest BCUT2D eigenvalue weighted by atomic mass is 16.5. The Morgan fingerprint density at radius 3 is 2.31 bits per heavy atom. The normalized spacial score (nSPS) is 11.9. The van der Waals surface area contributed by atoms with Crippen LogP contribution in [-0.4, -0.2) is 38.1 Å². The number of nitrogens with one attached hydrogen (secondary N) is 1. The number of nitrogens with two attached hydrogens (primary N) is 1. The number of ether oxygens (including phenoxy) is 2. The number of nitrogens with zero attached hydrogens (tertiary/aromatic N) is 1. The lowest BCUT2D eigenvalue weighted by atomic mass is 10.1. The molecule has 0 bridgehead atoms. The Balaban J connectivity index is 1.92. The molecule has 0 radical (unpaired) electrons. The zero-order valence-electron chi connectivity index (χ0n) is 15.8. The summed E-state index contributed by atoms with van der Waals surface area (Å²) < 4.78 is 10.6. The van der Waals surface area contributed by atoms with Crippen LogP contribution in [0.25, 0.3) is 0 Å². The van der Waals surface area contributed by atoms with Gasteiger partial charge in [0.1, 0.15) is 0 Å². The zero-order chi connectivity index (χ0) is 19.1. The number of rotatable bonds is 8. The van der Waals surface area contributed by atoms with E-state index in [0.29, 0.717) is 30.3 Å². The monoisotopic (exact) mass is 357 g/mol. The summed E-state index contributed by atoms with van der Waals surface area (Å²) in [6.45, 7) is 2.99. The molecule has 2 aromatic rings. The minimum atomic E-state index is -0.267. The van der Waals surface area contributed by atoms with Crippen LogP contribution in [0, 0.1) is 0 Å². The van der Waals surface area contributed by atoms with Crippen molar-refractivity contribution in [2.75, 3.05) is 27.0 Å². The number of carbonyl (C=O) groups excluding carboxylic acids is 1. The van der Waals surface area contributed by atoms with Crippen molar-refractivity contribution in [3.63, 3.8) is 0 Å². The Labute approximate surface area is 154 Å². The number of hydrogen-bond acceptors (Lipinski definition) is 5. The second kappa shape index (κ2) is 9.10. The molecule has 26 heavy (non-hydrogen) atoms. The molecule has 0 spiro atoms. The van der Waals surface area contributed by atoms with E-state index in [1.54, 1.807) is 14.2 Å². The summed E-state index contributed by atoms with van der Waals surface area (Å²) in [4.78, 5) is 14.4. The van der Waals surface area contributed by atoms with Gasteiger partial charge in [0, 0.05) is 18.8 Å². The highest BCUT2D eigenvalue weighted by Gasteiger charge is 2.18. The molecule has 2 rings (SSSR count). The maximum Gasteiger partial charge on any atom is 0.237 e. The number of likely N-dealkylation sites (N-methyl/N-ethyl adjacent to an activating group) is 1. The molecule has 3 N–H and O–H groups in total. The van der Waals surface area contributed by atoms with Crippen LogP contribution in [0.5, 0.6) is 11.5 Å². The topological polar surface area (TPSA) is 76.8 Å². The predicted molar refractivity (Wildman–Crippen MR) is 103 cm³/mol. The number of anilines is 1. The molecule has 1 unspecified atom stereocenters. The lowest BCUT2D eigenvalue weighted by molar-refractivity contribution is -0.125. The average molecular weight is 357 g/mol. The number of methoxy groups -OCH3 is 2. The summed E-state index contributed by atoms with van der Waals surface area (Å²) in [7, 11) is 5.14. The van der Waals surface area contributed by atoms with Crippen molar-refractivity contribution in [1.29, 1.82) is 0 Å². The first-order valence-corrected chi connectivity index (χ1v) is 8.48. The summed E-state index contributed by atoms with van der Waals surface area (Å²) in [6.07, 6.45) is 0. The first-order chi connectivity index (χ1) is 12.4. The third-order valence-electron chi connectivity index (χ3n) is 4.37. The predicted octanol–water partition coefficient (Wildman–Crippen LogP) is 2.42.